The van der Waals surface area contributed by atoms with Crippen LogP contribution in [0, 0.1) is 11.8 Å². The Morgan fingerprint density at radius 3 is 2.45 bits per heavy atom. The molecule has 1 aromatic carbocycles. The zero-order valence-electron chi connectivity index (χ0n) is 12.9. The van der Waals surface area contributed by atoms with Crippen LogP contribution in [-0.4, -0.2) is 12.2 Å². The molecular weight excluding hydrogens is 246 g/mol. The van der Waals surface area contributed by atoms with Crippen LogP contribution in [-0.2, 0) is 4.74 Å². The van der Waals surface area contributed by atoms with E-state index < -0.39 is 0 Å². The summed E-state index contributed by atoms with van der Waals surface area (Å²) >= 11 is 0. The lowest BCUT2D eigenvalue weighted by molar-refractivity contribution is 0.0489. The molecule has 1 saturated heterocycles. The summed E-state index contributed by atoms with van der Waals surface area (Å²) in [6, 6.07) is 9.06. The molecule has 1 saturated carbocycles. The number of rotatable bonds is 3. The Hall–Kier alpha value is -0.860. The summed E-state index contributed by atoms with van der Waals surface area (Å²) in [5.74, 6) is 1.71. The Balaban J connectivity index is 1.81. The molecule has 2 fully saturated rings. The van der Waals surface area contributed by atoms with Gasteiger partial charge in [0.1, 0.15) is 0 Å². The summed E-state index contributed by atoms with van der Waals surface area (Å²) in [5.41, 5.74) is 9.36. The first-order valence-corrected chi connectivity index (χ1v) is 8.09. The fourth-order valence-corrected chi connectivity index (χ4v) is 3.90. The molecule has 2 N–H and O–H groups in total. The highest BCUT2D eigenvalue weighted by Gasteiger charge is 2.40. The number of ether oxygens (including phenoxy) is 1. The molecule has 3 rings (SSSR count). The monoisotopic (exact) mass is 273 g/mol. The number of hydrogen-bond donors (Lipinski definition) is 1. The Kier molecular flexibility index (Phi) is 3.87. The first-order chi connectivity index (χ1) is 9.58. The Morgan fingerprint density at radius 2 is 1.90 bits per heavy atom. The normalized spacial score (nSPS) is 35.8. The molecule has 0 amide bonds. The second-order valence-corrected chi connectivity index (χ2v) is 6.81. The van der Waals surface area contributed by atoms with Crippen molar-refractivity contribution < 1.29 is 4.74 Å². The van der Waals surface area contributed by atoms with Crippen molar-refractivity contribution in [3.05, 3.63) is 35.4 Å². The van der Waals surface area contributed by atoms with Gasteiger partial charge in [0.15, 0.2) is 0 Å². The molecule has 110 valence electrons. The van der Waals surface area contributed by atoms with Gasteiger partial charge in [0, 0.05) is 12.0 Å². The van der Waals surface area contributed by atoms with Gasteiger partial charge in [0.05, 0.1) is 12.2 Å². The summed E-state index contributed by atoms with van der Waals surface area (Å²) in [5, 5.41) is 0. The van der Waals surface area contributed by atoms with E-state index in [2.05, 4.69) is 45.0 Å². The fourth-order valence-electron chi connectivity index (χ4n) is 3.90. The number of nitrogens with two attached hydrogens (primary N) is 1. The van der Waals surface area contributed by atoms with Crippen LogP contribution >= 0.6 is 0 Å². The van der Waals surface area contributed by atoms with E-state index in [4.69, 9.17) is 10.5 Å². The van der Waals surface area contributed by atoms with Crippen molar-refractivity contribution >= 4 is 0 Å². The second kappa shape index (κ2) is 5.50. The van der Waals surface area contributed by atoms with Gasteiger partial charge in [-0.05, 0) is 49.7 Å². The molecule has 1 heterocycles. The van der Waals surface area contributed by atoms with Crippen molar-refractivity contribution in [3.8, 4) is 0 Å². The molecule has 5 atom stereocenters. The highest BCUT2D eigenvalue weighted by Crippen LogP contribution is 2.41. The van der Waals surface area contributed by atoms with Crippen LogP contribution in [0.25, 0.3) is 0 Å². The van der Waals surface area contributed by atoms with E-state index in [1.165, 1.54) is 30.4 Å². The Bertz CT molecular complexity index is 468. The molecule has 1 aliphatic carbocycles. The van der Waals surface area contributed by atoms with E-state index in [1.807, 2.05) is 0 Å². The fraction of sp³-hybridized carbons (Fsp3) is 0.667. The SMILES string of the molecule is CC1OC(C)C(C(N)c2cccc(C3CCC3)c2)C1C. The molecular formula is C18H27NO. The van der Waals surface area contributed by atoms with E-state index >= 15 is 0 Å². The highest BCUT2D eigenvalue weighted by atomic mass is 16.5. The topological polar surface area (TPSA) is 35.2 Å². The van der Waals surface area contributed by atoms with Gasteiger partial charge >= 0.3 is 0 Å². The van der Waals surface area contributed by atoms with E-state index in [9.17, 15) is 0 Å². The first kappa shape index (κ1) is 14.1. The molecule has 2 nitrogen and oxygen atoms in total. The zero-order chi connectivity index (χ0) is 14.3. The van der Waals surface area contributed by atoms with Crippen LogP contribution in [0.3, 0.4) is 0 Å². The van der Waals surface area contributed by atoms with Gasteiger partial charge in [-0.3, -0.25) is 0 Å². The van der Waals surface area contributed by atoms with E-state index in [-0.39, 0.29) is 12.1 Å². The van der Waals surface area contributed by atoms with Crippen molar-refractivity contribution in [1.29, 1.82) is 0 Å². The lowest BCUT2D eigenvalue weighted by atomic mass is 9.77. The van der Waals surface area contributed by atoms with Gasteiger partial charge in [0.25, 0.3) is 0 Å². The smallest absolute Gasteiger partial charge is 0.0600 e. The van der Waals surface area contributed by atoms with E-state index in [0.717, 1.165) is 5.92 Å². The van der Waals surface area contributed by atoms with Crippen molar-refractivity contribution in [1.82, 2.24) is 0 Å². The van der Waals surface area contributed by atoms with Gasteiger partial charge < -0.3 is 10.5 Å². The molecule has 20 heavy (non-hydrogen) atoms. The maximum absolute atomic E-state index is 6.59. The average molecular weight is 273 g/mol. The predicted molar refractivity (Wildman–Crippen MR) is 82.6 cm³/mol. The third kappa shape index (κ3) is 2.40. The molecule has 0 radical (unpaired) electrons. The summed E-state index contributed by atoms with van der Waals surface area (Å²) in [6.45, 7) is 6.60. The third-order valence-corrected chi connectivity index (χ3v) is 5.61. The van der Waals surface area contributed by atoms with Gasteiger partial charge in [-0.15, -0.1) is 0 Å². The average Bonchev–Trinajstić information content (AvgIpc) is 2.61. The van der Waals surface area contributed by atoms with Crippen LogP contribution < -0.4 is 5.73 Å². The Labute approximate surface area is 122 Å². The summed E-state index contributed by atoms with van der Waals surface area (Å²) in [4.78, 5) is 0. The quantitative estimate of drug-likeness (QED) is 0.903. The predicted octanol–water partition coefficient (Wildman–Crippen LogP) is 4.01. The lowest BCUT2D eigenvalue weighted by Gasteiger charge is -2.29. The van der Waals surface area contributed by atoms with Gasteiger partial charge in [-0.2, -0.15) is 0 Å². The number of benzene rings is 1. The number of hydrogen-bond acceptors (Lipinski definition) is 2. The summed E-state index contributed by atoms with van der Waals surface area (Å²) < 4.78 is 5.96. The maximum atomic E-state index is 6.59. The summed E-state index contributed by atoms with van der Waals surface area (Å²) in [6.07, 6.45) is 4.63. The lowest BCUT2D eigenvalue weighted by Crippen LogP contribution is -2.30. The first-order valence-electron chi connectivity index (χ1n) is 8.09. The van der Waals surface area contributed by atoms with Crippen LogP contribution in [0.2, 0.25) is 0 Å². The van der Waals surface area contributed by atoms with Crippen LogP contribution in [0.1, 0.15) is 63.1 Å². The molecule has 2 heteroatoms. The maximum Gasteiger partial charge on any atom is 0.0600 e. The third-order valence-electron chi connectivity index (χ3n) is 5.61. The minimum Gasteiger partial charge on any atom is -0.375 e. The van der Waals surface area contributed by atoms with Crippen molar-refractivity contribution in [2.45, 2.75) is 64.2 Å². The largest absolute Gasteiger partial charge is 0.375 e. The van der Waals surface area contributed by atoms with Crippen LogP contribution in [0.15, 0.2) is 24.3 Å². The van der Waals surface area contributed by atoms with E-state index in [0.29, 0.717) is 17.9 Å². The molecule has 1 aromatic rings. The van der Waals surface area contributed by atoms with Crippen molar-refractivity contribution in [2.75, 3.05) is 0 Å². The zero-order valence-corrected chi connectivity index (χ0v) is 12.9. The van der Waals surface area contributed by atoms with Crippen molar-refractivity contribution in [3.63, 3.8) is 0 Å². The molecule has 5 unspecified atom stereocenters. The standard InChI is InChI=1S/C18H27NO/c1-11-12(2)20-13(3)17(11)18(19)16-9-5-8-15(10-16)14-6-4-7-14/h5,8-14,17-18H,4,6-7,19H2,1-3H3. The molecule has 0 aromatic heterocycles. The molecule has 0 bridgehead atoms. The Morgan fingerprint density at radius 1 is 1.15 bits per heavy atom. The molecule has 1 aliphatic heterocycles. The second-order valence-electron chi connectivity index (χ2n) is 6.81. The highest BCUT2D eigenvalue weighted by molar-refractivity contribution is 5.30. The summed E-state index contributed by atoms with van der Waals surface area (Å²) in [7, 11) is 0. The van der Waals surface area contributed by atoms with Crippen molar-refractivity contribution in [2.24, 2.45) is 17.6 Å². The van der Waals surface area contributed by atoms with Gasteiger partial charge in [-0.1, -0.05) is 37.6 Å². The van der Waals surface area contributed by atoms with Gasteiger partial charge in [0.2, 0.25) is 0 Å². The molecule has 2 aliphatic rings. The van der Waals surface area contributed by atoms with Crippen LogP contribution in [0.5, 0.6) is 0 Å². The minimum absolute atomic E-state index is 0.0879. The van der Waals surface area contributed by atoms with Gasteiger partial charge in [-0.25, -0.2) is 0 Å². The molecule has 0 spiro atoms. The minimum atomic E-state index is 0.0879. The van der Waals surface area contributed by atoms with E-state index in [1.54, 1.807) is 0 Å². The van der Waals surface area contributed by atoms with Crippen LogP contribution in [0.4, 0.5) is 0 Å².